The summed E-state index contributed by atoms with van der Waals surface area (Å²) >= 11 is 9.20. The maximum Gasteiger partial charge on any atom is 0.270 e. The Kier molecular flexibility index (Phi) is 8.94. The number of methoxy groups -OCH3 is 2. The van der Waals surface area contributed by atoms with Crippen LogP contribution in [0.3, 0.4) is 0 Å². The smallest absolute Gasteiger partial charge is 0.270 e. The van der Waals surface area contributed by atoms with Crippen LogP contribution in [0.25, 0.3) is 17.1 Å². The number of thiazole rings is 1. The van der Waals surface area contributed by atoms with E-state index in [-0.39, 0.29) is 5.91 Å². The molecule has 0 fully saturated rings. The molecule has 12 heteroatoms. The van der Waals surface area contributed by atoms with Crippen LogP contribution in [0.15, 0.2) is 77.5 Å². The third-order valence-corrected chi connectivity index (χ3v) is 8.08. The summed E-state index contributed by atoms with van der Waals surface area (Å²) in [6.07, 6.45) is 4.11. The molecule has 0 aliphatic rings. The Labute approximate surface area is 244 Å². The molecule has 40 heavy (non-hydrogen) atoms. The van der Waals surface area contributed by atoms with Crippen molar-refractivity contribution in [2.75, 3.05) is 20.8 Å². The summed E-state index contributed by atoms with van der Waals surface area (Å²) in [7, 11) is 3.20. The number of nitrogens with zero attached hydrogens (tertiary/aromatic N) is 5. The van der Waals surface area contributed by atoms with E-state index in [2.05, 4.69) is 25.5 Å². The molecule has 0 bridgehead atoms. The lowest BCUT2D eigenvalue weighted by molar-refractivity contribution is 0.0949. The van der Waals surface area contributed by atoms with E-state index in [0.29, 0.717) is 51.9 Å². The van der Waals surface area contributed by atoms with Gasteiger partial charge in [0.2, 0.25) is 0 Å². The van der Waals surface area contributed by atoms with Gasteiger partial charge < -0.3 is 14.8 Å². The molecule has 2 aromatic carbocycles. The van der Waals surface area contributed by atoms with Gasteiger partial charge in [-0.2, -0.15) is 0 Å². The Balaban J connectivity index is 1.24. The molecule has 0 saturated carbocycles. The fourth-order valence-electron chi connectivity index (χ4n) is 3.95. The fraction of sp³-hybridized carbons (Fsp3) is 0.179. The number of hydrogen-bond acceptors (Lipinski definition) is 9. The normalized spacial score (nSPS) is 10.9. The van der Waals surface area contributed by atoms with Crippen molar-refractivity contribution in [1.29, 1.82) is 0 Å². The number of halogens is 1. The highest BCUT2D eigenvalue weighted by Crippen LogP contribution is 2.31. The van der Waals surface area contributed by atoms with Crippen molar-refractivity contribution >= 4 is 40.6 Å². The quantitative estimate of drug-likeness (QED) is 0.194. The zero-order chi connectivity index (χ0) is 27.9. The summed E-state index contributed by atoms with van der Waals surface area (Å²) in [5.41, 5.74) is 3.10. The highest BCUT2D eigenvalue weighted by molar-refractivity contribution is 7.98. The van der Waals surface area contributed by atoms with E-state index >= 15 is 0 Å². The summed E-state index contributed by atoms with van der Waals surface area (Å²) in [5, 5.41) is 15.7. The van der Waals surface area contributed by atoms with Crippen LogP contribution in [-0.4, -0.2) is 51.4 Å². The van der Waals surface area contributed by atoms with E-state index in [4.69, 9.17) is 21.1 Å². The number of nitrogens with one attached hydrogen (secondary N) is 1. The number of benzene rings is 2. The average molecular weight is 593 g/mol. The van der Waals surface area contributed by atoms with E-state index < -0.39 is 0 Å². The van der Waals surface area contributed by atoms with Gasteiger partial charge in [0.05, 0.1) is 25.7 Å². The standard InChI is InChI=1S/C28H25ClN6O3S2/c1-37-23-9-8-18(13-24(23)38-2)10-12-31-27(36)22-16-39-25(32-22)17-40-28-34-33-26(19-5-4-11-30-15-19)35(28)21-7-3-6-20(29)14-21/h3-9,11,13-16H,10,12,17H2,1-2H3,(H,31,36). The minimum Gasteiger partial charge on any atom is -0.493 e. The van der Waals surface area contributed by atoms with Crippen LogP contribution in [-0.2, 0) is 12.2 Å². The third kappa shape index (κ3) is 6.44. The van der Waals surface area contributed by atoms with Crippen molar-refractivity contribution in [1.82, 2.24) is 30.0 Å². The molecule has 3 heterocycles. The first-order valence-electron chi connectivity index (χ1n) is 12.2. The Morgan fingerprint density at radius 2 is 1.95 bits per heavy atom. The first-order chi connectivity index (χ1) is 19.6. The summed E-state index contributed by atoms with van der Waals surface area (Å²) in [5.74, 6) is 2.30. The molecule has 0 spiro atoms. The monoisotopic (exact) mass is 592 g/mol. The van der Waals surface area contributed by atoms with Gasteiger partial charge in [-0.25, -0.2) is 4.98 Å². The lowest BCUT2D eigenvalue weighted by Crippen LogP contribution is -2.26. The van der Waals surface area contributed by atoms with Crippen LogP contribution in [0, 0.1) is 0 Å². The van der Waals surface area contributed by atoms with Gasteiger partial charge in [-0.3, -0.25) is 14.3 Å². The molecule has 1 N–H and O–H groups in total. The minimum absolute atomic E-state index is 0.214. The molecule has 0 saturated heterocycles. The zero-order valence-electron chi connectivity index (χ0n) is 21.7. The van der Waals surface area contributed by atoms with Crippen molar-refractivity contribution in [3.05, 3.63) is 93.7 Å². The number of rotatable bonds is 11. The number of carbonyl (C=O) groups is 1. The van der Waals surface area contributed by atoms with Crippen molar-refractivity contribution in [3.8, 4) is 28.6 Å². The number of aromatic nitrogens is 5. The van der Waals surface area contributed by atoms with Crippen LogP contribution in [0.2, 0.25) is 5.02 Å². The predicted molar refractivity (Wildman–Crippen MR) is 157 cm³/mol. The lowest BCUT2D eigenvalue weighted by Gasteiger charge is -2.10. The van der Waals surface area contributed by atoms with Crippen molar-refractivity contribution in [2.45, 2.75) is 17.3 Å². The second-order valence-corrected chi connectivity index (χ2v) is 10.8. The van der Waals surface area contributed by atoms with Gasteiger partial charge in [0, 0.05) is 34.9 Å². The maximum absolute atomic E-state index is 12.7. The molecule has 1 amide bonds. The number of thioether (sulfide) groups is 1. The summed E-state index contributed by atoms with van der Waals surface area (Å²) < 4.78 is 12.6. The molecular weight excluding hydrogens is 568 g/mol. The molecule has 0 radical (unpaired) electrons. The second kappa shape index (κ2) is 12.9. The number of carbonyl (C=O) groups excluding carboxylic acids is 1. The zero-order valence-corrected chi connectivity index (χ0v) is 24.1. The van der Waals surface area contributed by atoms with Crippen molar-refractivity contribution in [3.63, 3.8) is 0 Å². The van der Waals surface area contributed by atoms with E-state index in [1.165, 1.54) is 23.1 Å². The van der Waals surface area contributed by atoms with Crippen LogP contribution in [0.1, 0.15) is 21.1 Å². The molecule has 0 atom stereocenters. The van der Waals surface area contributed by atoms with Gasteiger partial charge in [-0.05, 0) is 54.4 Å². The molecule has 0 aliphatic heterocycles. The molecular formula is C28H25ClN6O3S2. The van der Waals surface area contributed by atoms with Gasteiger partial charge in [-0.15, -0.1) is 21.5 Å². The first-order valence-corrected chi connectivity index (χ1v) is 14.5. The first kappa shape index (κ1) is 27.6. The maximum atomic E-state index is 12.7. The van der Waals surface area contributed by atoms with Gasteiger partial charge in [0.1, 0.15) is 10.7 Å². The fourth-order valence-corrected chi connectivity index (χ4v) is 5.88. The molecule has 9 nitrogen and oxygen atoms in total. The number of ether oxygens (including phenoxy) is 2. The van der Waals surface area contributed by atoms with Gasteiger partial charge in [-0.1, -0.05) is 35.5 Å². The van der Waals surface area contributed by atoms with E-state index in [0.717, 1.165) is 21.8 Å². The predicted octanol–water partition coefficient (Wildman–Crippen LogP) is 5.72. The van der Waals surface area contributed by atoms with Crippen molar-refractivity contribution < 1.29 is 14.3 Å². The van der Waals surface area contributed by atoms with Crippen LogP contribution >= 0.6 is 34.7 Å². The van der Waals surface area contributed by atoms with Crippen LogP contribution in [0.4, 0.5) is 0 Å². The highest BCUT2D eigenvalue weighted by atomic mass is 35.5. The molecule has 3 aromatic heterocycles. The third-order valence-electron chi connectivity index (χ3n) is 5.88. The number of pyridine rings is 1. The Morgan fingerprint density at radius 1 is 1.07 bits per heavy atom. The SMILES string of the molecule is COc1ccc(CCNC(=O)c2csc(CSc3nnc(-c4cccnc4)n3-c3cccc(Cl)c3)n2)cc1OC. The van der Waals surface area contributed by atoms with Crippen molar-refractivity contribution in [2.24, 2.45) is 0 Å². The summed E-state index contributed by atoms with van der Waals surface area (Å²) in [6, 6.07) is 17.0. The van der Waals surface area contributed by atoms with Gasteiger partial charge in [0.25, 0.3) is 5.91 Å². The molecule has 0 aliphatic carbocycles. The lowest BCUT2D eigenvalue weighted by atomic mass is 10.1. The second-order valence-electron chi connectivity index (χ2n) is 8.47. The van der Waals surface area contributed by atoms with E-state index in [1.54, 1.807) is 32.0 Å². The Morgan fingerprint density at radius 3 is 2.73 bits per heavy atom. The number of amides is 1. The molecule has 0 unspecified atom stereocenters. The topological polar surface area (TPSA) is 104 Å². The Bertz CT molecular complexity index is 1610. The largest absolute Gasteiger partial charge is 0.493 e. The summed E-state index contributed by atoms with van der Waals surface area (Å²) in [4.78, 5) is 21.5. The molecule has 5 rings (SSSR count). The summed E-state index contributed by atoms with van der Waals surface area (Å²) in [6.45, 7) is 0.468. The highest BCUT2D eigenvalue weighted by Gasteiger charge is 2.18. The van der Waals surface area contributed by atoms with E-state index in [1.807, 2.05) is 59.2 Å². The van der Waals surface area contributed by atoms with E-state index in [9.17, 15) is 4.79 Å². The minimum atomic E-state index is -0.214. The molecule has 5 aromatic rings. The number of hydrogen-bond donors (Lipinski definition) is 1. The Hall–Kier alpha value is -3.93. The average Bonchev–Trinajstić information content (AvgIpc) is 3.64. The van der Waals surface area contributed by atoms with Crippen LogP contribution < -0.4 is 14.8 Å². The van der Waals surface area contributed by atoms with Gasteiger partial charge >= 0.3 is 0 Å². The van der Waals surface area contributed by atoms with Crippen LogP contribution in [0.5, 0.6) is 11.5 Å². The van der Waals surface area contributed by atoms with Gasteiger partial charge in [0.15, 0.2) is 22.5 Å². The molecule has 204 valence electrons.